The highest BCUT2D eigenvalue weighted by Crippen LogP contribution is 2.17. The Balaban J connectivity index is 1.88. The van der Waals surface area contributed by atoms with Crippen molar-refractivity contribution in [1.82, 2.24) is 20.2 Å². The molecule has 1 fully saturated rings. The molecule has 2 atom stereocenters. The van der Waals surface area contributed by atoms with E-state index in [1.807, 2.05) is 0 Å². The summed E-state index contributed by atoms with van der Waals surface area (Å²) in [5.41, 5.74) is 0. The molecule has 2 rings (SSSR count). The highest BCUT2D eigenvalue weighted by molar-refractivity contribution is 4.85. The first-order chi connectivity index (χ1) is 7.25. The topological polar surface area (TPSA) is 73.1 Å². The Labute approximate surface area is 88.2 Å². The Morgan fingerprint density at radius 1 is 1.60 bits per heavy atom. The monoisotopic (exact) mass is 212 g/mol. The lowest BCUT2D eigenvalue weighted by molar-refractivity contribution is -0.0617. The summed E-state index contributed by atoms with van der Waals surface area (Å²) < 4.78 is 5.49. The molecular formula is C9H16N4O2. The van der Waals surface area contributed by atoms with E-state index in [0.29, 0.717) is 12.2 Å². The van der Waals surface area contributed by atoms with Gasteiger partial charge in [-0.1, -0.05) is 0 Å². The average molecular weight is 212 g/mol. The molecule has 0 amide bonds. The van der Waals surface area contributed by atoms with Gasteiger partial charge in [-0.2, -0.15) is 4.80 Å². The van der Waals surface area contributed by atoms with E-state index in [9.17, 15) is 5.11 Å². The highest BCUT2D eigenvalue weighted by atomic mass is 16.5. The van der Waals surface area contributed by atoms with E-state index in [2.05, 4.69) is 15.4 Å². The maximum atomic E-state index is 9.89. The van der Waals surface area contributed by atoms with Gasteiger partial charge in [-0.25, -0.2) is 0 Å². The van der Waals surface area contributed by atoms with Crippen LogP contribution in [0.4, 0.5) is 0 Å². The molecule has 6 nitrogen and oxygen atoms in total. The fraction of sp³-hybridized carbons (Fsp3) is 0.889. The van der Waals surface area contributed by atoms with Crippen LogP contribution in [-0.4, -0.2) is 44.1 Å². The lowest BCUT2D eigenvalue weighted by Gasteiger charge is -2.26. The molecule has 15 heavy (non-hydrogen) atoms. The molecule has 84 valence electrons. The summed E-state index contributed by atoms with van der Waals surface area (Å²) in [4.78, 5) is 1.39. The molecule has 2 heterocycles. The zero-order chi connectivity index (χ0) is 10.7. The summed E-state index contributed by atoms with van der Waals surface area (Å²) in [6.07, 6.45) is 2.96. The molecule has 1 saturated heterocycles. The van der Waals surface area contributed by atoms with Crippen LogP contribution in [0.2, 0.25) is 0 Å². The van der Waals surface area contributed by atoms with Crippen molar-refractivity contribution in [3.8, 4) is 0 Å². The summed E-state index contributed by atoms with van der Waals surface area (Å²) in [5.74, 6) is 0.569. The fourth-order valence-corrected chi connectivity index (χ4v) is 1.79. The second-order valence-electron chi connectivity index (χ2n) is 3.87. The first kappa shape index (κ1) is 10.5. The third-order valence-electron chi connectivity index (χ3n) is 2.59. The normalized spacial score (nSPS) is 24.0. The predicted molar refractivity (Wildman–Crippen MR) is 52.1 cm³/mol. The van der Waals surface area contributed by atoms with Gasteiger partial charge in [0, 0.05) is 13.0 Å². The van der Waals surface area contributed by atoms with Gasteiger partial charge >= 0.3 is 0 Å². The van der Waals surface area contributed by atoms with Crippen molar-refractivity contribution < 1.29 is 9.84 Å². The molecule has 0 bridgehead atoms. The van der Waals surface area contributed by atoms with Gasteiger partial charge < -0.3 is 9.84 Å². The number of hydrogen-bond donors (Lipinski definition) is 1. The number of aliphatic hydroxyl groups excluding tert-OH is 1. The zero-order valence-electron chi connectivity index (χ0n) is 8.83. The molecule has 0 saturated carbocycles. The van der Waals surface area contributed by atoms with Gasteiger partial charge in [-0.15, -0.1) is 10.2 Å². The predicted octanol–water partition coefficient (Wildman–Crippen LogP) is -0.317. The molecule has 1 aromatic heterocycles. The van der Waals surface area contributed by atoms with Gasteiger partial charge in [0.1, 0.15) is 0 Å². The highest BCUT2D eigenvalue weighted by Gasteiger charge is 2.24. The van der Waals surface area contributed by atoms with Crippen molar-refractivity contribution in [3.63, 3.8) is 0 Å². The summed E-state index contributed by atoms with van der Waals surface area (Å²) in [5, 5.41) is 21.5. The molecule has 6 heteroatoms. The van der Waals surface area contributed by atoms with Crippen molar-refractivity contribution in [2.75, 3.05) is 6.61 Å². The molecule has 1 N–H and O–H groups in total. The second kappa shape index (κ2) is 4.67. The molecular weight excluding hydrogens is 196 g/mol. The van der Waals surface area contributed by atoms with Crippen LogP contribution in [0.1, 0.15) is 25.1 Å². The van der Waals surface area contributed by atoms with Crippen LogP contribution in [-0.2, 0) is 18.2 Å². The van der Waals surface area contributed by atoms with Gasteiger partial charge in [0.25, 0.3) is 0 Å². The maximum absolute atomic E-state index is 9.89. The Kier molecular flexibility index (Phi) is 3.27. The number of aromatic nitrogens is 4. The number of nitrogens with zero attached hydrogens (tertiary/aromatic N) is 4. The lowest BCUT2D eigenvalue weighted by atomic mass is 10.0. The second-order valence-corrected chi connectivity index (χ2v) is 3.87. The van der Waals surface area contributed by atoms with Crippen LogP contribution >= 0.6 is 0 Å². The minimum absolute atomic E-state index is 0.0671. The molecule has 2 unspecified atom stereocenters. The number of aliphatic hydroxyl groups is 1. The standard InChI is InChI=1S/C9H16N4O2/c1-13-11-9(10-12-13)6-7(14)8-4-2-3-5-15-8/h7-8,14H,2-6H2,1H3. The molecule has 1 aliphatic rings. The van der Waals surface area contributed by atoms with Gasteiger partial charge in [-0.3, -0.25) is 0 Å². The number of hydrogen-bond acceptors (Lipinski definition) is 5. The number of rotatable bonds is 3. The van der Waals surface area contributed by atoms with Gasteiger partial charge in [-0.05, 0) is 24.5 Å². The molecule has 0 aromatic carbocycles. The smallest absolute Gasteiger partial charge is 0.177 e. The van der Waals surface area contributed by atoms with Crippen LogP contribution in [0.3, 0.4) is 0 Å². The van der Waals surface area contributed by atoms with Crippen molar-refractivity contribution in [2.45, 2.75) is 37.9 Å². The van der Waals surface area contributed by atoms with Crippen molar-refractivity contribution in [3.05, 3.63) is 5.82 Å². The quantitative estimate of drug-likeness (QED) is 0.743. The van der Waals surface area contributed by atoms with Crippen LogP contribution in [0.5, 0.6) is 0 Å². The van der Waals surface area contributed by atoms with Gasteiger partial charge in [0.2, 0.25) is 0 Å². The Bertz CT molecular complexity index is 309. The van der Waals surface area contributed by atoms with E-state index >= 15 is 0 Å². The summed E-state index contributed by atoms with van der Waals surface area (Å²) in [6, 6.07) is 0. The van der Waals surface area contributed by atoms with Crippen molar-refractivity contribution >= 4 is 0 Å². The van der Waals surface area contributed by atoms with E-state index < -0.39 is 6.10 Å². The van der Waals surface area contributed by atoms with Crippen LogP contribution in [0, 0.1) is 0 Å². The van der Waals surface area contributed by atoms with Gasteiger partial charge in [0.05, 0.1) is 19.3 Å². The van der Waals surface area contributed by atoms with E-state index in [1.165, 1.54) is 4.80 Å². The minimum atomic E-state index is -0.519. The largest absolute Gasteiger partial charge is 0.390 e. The Hall–Kier alpha value is -1.01. The molecule has 1 aromatic rings. The Morgan fingerprint density at radius 2 is 2.47 bits per heavy atom. The van der Waals surface area contributed by atoms with E-state index in [-0.39, 0.29) is 6.10 Å². The third-order valence-corrected chi connectivity index (χ3v) is 2.59. The van der Waals surface area contributed by atoms with E-state index in [4.69, 9.17) is 4.74 Å². The molecule has 0 spiro atoms. The Morgan fingerprint density at radius 3 is 3.07 bits per heavy atom. The first-order valence-electron chi connectivity index (χ1n) is 5.28. The number of aryl methyl sites for hydroxylation is 1. The summed E-state index contributed by atoms with van der Waals surface area (Å²) in [6.45, 7) is 0.746. The maximum Gasteiger partial charge on any atom is 0.177 e. The third kappa shape index (κ3) is 2.73. The van der Waals surface area contributed by atoms with E-state index in [0.717, 1.165) is 25.9 Å². The summed E-state index contributed by atoms with van der Waals surface area (Å²) >= 11 is 0. The average Bonchev–Trinajstić information content (AvgIpc) is 2.65. The summed E-state index contributed by atoms with van der Waals surface area (Å²) in [7, 11) is 1.71. The molecule has 0 aliphatic carbocycles. The van der Waals surface area contributed by atoms with Crippen LogP contribution in [0.15, 0.2) is 0 Å². The van der Waals surface area contributed by atoms with E-state index in [1.54, 1.807) is 7.05 Å². The van der Waals surface area contributed by atoms with Crippen LogP contribution in [0.25, 0.3) is 0 Å². The van der Waals surface area contributed by atoms with Crippen molar-refractivity contribution in [1.29, 1.82) is 0 Å². The fourth-order valence-electron chi connectivity index (χ4n) is 1.79. The number of ether oxygens (including phenoxy) is 1. The van der Waals surface area contributed by atoms with Crippen LogP contribution < -0.4 is 0 Å². The lowest BCUT2D eigenvalue weighted by Crippen LogP contribution is -2.34. The van der Waals surface area contributed by atoms with Crippen molar-refractivity contribution in [2.24, 2.45) is 7.05 Å². The SMILES string of the molecule is Cn1nnc(CC(O)C2CCCCO2)n1. The first-order valence-corrected chi connectivity index (χ1v) is 5.28. The molecule has 1 aliphatic heterocycles. The zero-order valence-corrected chi connectivity index (χ0v) is 8.83. The minimum Gasteiger partial charge on any atom is -0.390 e. The number of tetrazole rings is 1. The molecule has 0 radical (unpaired) electrons. The van der Waals surface area contributed by atoms with Gasteiger partial charge in [0.15, 0.2) is 5.82 Å².